The van der Waals surface area contributed by atoms with Crippen molar-refractivity contribution in [2.24, 2.45) is 0 Å². The van der Waals surface area contributed by atoms with Gasteiger partial charge in [0, 0.05) is 50.5 Å². The van der Waals surface area contributed by atoms with Gasteiger partial charge in [-0.05, 0) is 30.7 Å². The van der Waals surface area contributed by atoms with Gasteiger partial charge in [-0.1, -0.05) is 29.9 Å². The van der Waals surface area contributed by atoms with Gasteiger partial charge < -0.3 is 10.2 Å². The Balaban J connectivity index is 1.45. The summed E-state index contributed by atoms with van der Waals surface area (Å²) in [5.74, 6) is -0.473. The Morgan fingerprint density at radius 1 is 1.10 bits per heavy atom. The Bertz CT molecular complexity index is 1020. The topological polar surface area (TPSA) is 113 Å². The molecule has 1 aromatic heterocycles. The van der Waals surface area contributed by atoms with E-state index < -0.39 is 10.0 Å². The molecule has 0 aliphatic carbocycles. The van der Waals surface area contributed by atoms with Gasteiger partial charge in [-0.25, -0.2) is 8.42 Å². The van der Waals surface area contributed by atoms with Crippen molar-refractivity contribution < 1.29 is 18.0 Å². The Hall–Kier alpha value is -2.08. The average Bonchev–Trinajstić information content (AvgIpc) is 3.19. The number of nitrogens with one attached hydrogen (secondary N) is 1. The van der Waals surface area contributed by atoms with Crippen molar-refractivity contribution in [3.05, 3.63) is 34.3 Å². The van der Waals surface area contributed by atoms with E-state index in [2.05, 4.69) is 15.5 Å². The summed E-state index contributed by atoms with van der Waals surface area (Å²) < 4.78 is 26.8. The lowest BCUT2D eigenvalue weighted by Gasteiger charge is -2.34. The molecule has 0 atom stereocenters. The summed E-state index contributed by atoms with van der Waals surface area (Å²) in [5.41, 5.74) is 0. The number of piperazine rings is 1. The van der Waals surface area contributed by atoms with E-state index in [0.29, 0.717) is 10.2 Å². The summed E-state index contributed by atoms with van der Waals surface area (Å²) in [7, 11) is -3.63. The molecule has 0 unspecified atom stereocenters. The third kappa shape index (κ3) is 6.22. The zero-order chi connectivity index (χ0) is 22.4. The number of carbonyl (C=O) groups excluding carboxylic acids is 2. The van der Waals surface area contributed by atoms with Crippen molar-refractivity contribution in [3.8, 4) is 0 Å². The molecule has 1 saturated heterocycles. The number of aromatic nitrogens is 2. The highest BCUT2D eigenvalue weighted by molar-refractivity contribution is 7.89. The van der Waals surface area contributed by atoms with Gasteiger partial charge in [-0.2, -0.15) is 4.31 Å². The number of benzene rings is 1. The molecule has 168 valence electrons. The molecular weight excluding hydrogens is 462 g/mol. The summed E-state index contributed by atoms with van der Waals surface area (Å²) >= 11 is 7.16. The highest BCUT2D eigenvalue weighted by Crippen LogP contribution is 2.20. The number of rotatable bonds is 8. The number of halogens is 1. The van der Waals surface area contributed by atoms with Crippen LogP contribution in [0, 0.1) is 0 Å². The van der Waals surface area contributed by atoms with E-state index in [0.717, 1.165) is 17.8 Å². The standard InChI is InChI=1S/C19H24ClN5O4S2/c1-2-3-17-22-23-19(30-17)21-16(26)8-9-18(27)24-10-12-25(13-11-24)31(28,29)15-6-4-14(20)5-7-15/h4-7H,2-3,8-13H2,1H3,(H,21,23,26). The molecule has 1 fully saturated rings. The van der Waals surface area contributed by atoms with Crippen LogP contribution >= 0.6 is 22.9 Å². The minimum atomic E-state index is -3.63. The van der Waals surface area contributed by atoms with Crippen LogP contribution in [0.5, 0.6) is 0 Å². The van der Waals surface area contributed by atoms with E-state index in [-0.39, 0.29) is 55.7 Å². The SMILES string of the molecule is CCCc1nnc(NC(=O)CCC(=O)N2CCN(S(=O)(=O)c3ccc(Cl)cc3)CC2)s1. The quantitative estimate of drug-likeness (QED) is 0.614. The molecule has 1 aromatic carbocycles. The van der Waals surface area contributed by atoms with Crippen molar-refractivity contribution in [1.29, 1.82) is 0 Å². The Morgan fingerprint density at radius 3 is 2.42 bits per heavy atom. The van der Waals surface area contributed by atoms with Crippen LogP contribution < -0.4 is 5.32 Å². The van der Waals surface area contributed by atoms with E-state index in [1.54, 1.807) is 4.90 Å². The molecule has 9 nitrogen and oxygen atoms in total. The zero-order valence-corrected chi connectivity index (χ0v) is 19.5. The number of anilines is 1. The normalized spacial score (nSPS) is 15.1. The summed E-state index contributed by atoms with van der Waals surface area (Å²) in [6.07, 6.45) is 1.85. The monoisotopic (exact) mass is 485 g/mol. The van der Waals surface area contributed by atoms with Gasteiger partial charge in [-0.15, -0.1) is 10.2 Å². The smallest absolute Gasteiger partial charge is 0.243 e. The number of carbonyl (C=O) groups is 2. The highest BCUT2D eigenvalue weighted by Gasteiger charge is 2.30. The molecule has 2 aromatic rings. The number of amides is 2. The second-order valence-corrected chi connectivity index (χ2v) is 10.5. The van der Waals surface area contributed by atoms with Gasteiger partial charge >= 0.3 is 0 Å². The molecule has 3 rings (SSSR count). The van der Waals surface area contributed by atoms with Gasteiger partial charge in [0.1, 0.15) is 5.01 Å². The molecule has 1 N–H and O–H groups in total. The van der Waals surface area contributed by atoms with Crippen molar-refractivity contribution in [3.63, 3.8) is 0 Å². The molecule has 0 radical (unpaired) electrons. The molecule has 1 aliphatic heterocycles. The fraction of sp³-hybridized carbons (Fsp3) is 0.474. The lowest BCUT2D eigenvalue weighted by Crippen LogP contribution is -2.50. The molecule has 31 heavy (non-hydrogen) atoms. The number of hydrogen-bond donors (Lipinski definition) is 1. The molecule has 2 heterocycles. The Morgan fingerprint density at radius 2 is 1.77 bits per heavy atom. The predicted octanol–water partition coefficient (Wildman–Crippen LogP) is 2.40. The molecular formula is C19H24ClN5O4S2. The van der Waals surface area contributed by atoms with E-state index in [1.807, 2.05) is 6.92 Å². The van der Waals surface area contributed by atoms with Crippen LogP contribution in [0.1, 0.15) is 31.2 Å². The van der Waals surface area contributed by atoms with Gasteiger partial charge in [-0.3, -0.25) is 9.59 Å². The first-order chi connectivity index (χ1) is 14.8. The van der Waals surface area contributed by atoms with Crippen LogP contribution in [0.3, 0.4) is 0 Å². The Labute approximate surface area is 190 Å². The van der Waals surface area contributed by atoms with Crippen molar-refractivity contribution in [2.75, 3.05) is 31.5 Å². The maximum Gasteiger partial charge on any atom is 0.243 e. The molecule has 1 aliphatic rings. The van der Waals surface area contributed by atoms with Gasteiger partial charge in [0.25, 0.3) is 0 Å². The highest BCUT2D eigenvalue weighted by atomic mass is 35.5. The largest absolute Gasteiger partial charge is 0.340 e. The lowest BCUT2D eigenvalue weighted by atomic mass is 10.2. The van der Waals surface area contributed by atoms with E-state index >= 15 is 0 Å². The first-order valence-corrected chi connectivity index (χ1v) is 12.6. The van der Waals surface area contributed by atoms with Crippen LogP contribution in [-0.4, -0.2) is 65.8 Å². The first kappa shape index (κ1) is 23.6. The number of sulfonamides is 1. The average molecular weight is 486 g/mol. The number of hydrogen-bond acceptors (Lipinski definition) is 7. The lowest BCUT2D eigenvalue weighted by molar-refractivity contribution is -0.133. The van der Waals surface area contributed by atoms with E-state index in [1.165, 1.54) is 39.9 Å². The number of aryl methyl sites for hydroxylation is 1. The van der Waals surface area contributed by atoms with Gasteiger partial charge in [0.05, 0.1) is 4.90 Å². The van der Waals surface area contributed by atoms with Gasteiger partial charge in [0.15, 0.2) is 0 Å². The molecule has 0 spiro atoms. The third-order valence-corrected chi connectivity index (χ3v) is 7.85. The fourth-order valence-electron chi connectivity index (χ4n) is 3.11. The van der Waals surface area contributed by atoms with Crippen LogP contribution in [-0.2, 0) is 26.0 Å². The zero-order valence-electron chi connectivity index (χ0n) is 17.1. The Kier molecular flexibility index (Phi) is 7.98. The maximum atomic E-state index is 12.7. The van der Waals surface area contributed by atoms with Gasteiger partial charge in [0.2, 0.25) is 27.0 Å². The van der Waals surface area contributed by atoms with Crippen molar-refractivity contribution in [2.45, 2.75) is 37.5 Å². The van der Waals surface area contributed by atoms with Crippen molar-refractivity contribution >= 4 is 49.9 Å². The summed E-state index contributed by atoms with van der Waals surface area (Å²) in [6, 6.07) is 6.01. The second kappa shape index (κ2) is 10.5. The predicted molar refractivity (Wildman–Crippen MR) is 119 cm³/mol. The van der Waals surface area contributed by atoms with Crippen LogP contribution in [0.2, 0.25) is 5.02 Å². The van der Waals surface area contributed by atoms with E-state index in [9.17, 15) is 18.0 Å². The van der Waals surface area contributed by atoms with Crippen molar-refractivity contribution in [1.82, 2.24) is 19.4 Å². The van der Waals surface area contributed by atoms with E-state index in [4.69, 9.17) is 11.6 Å². The molecule has 0 bridgehead atoms. The molecule has 0 saturated carbocycles. The summed E-state index contributed by atoms with van der Waals surface area (Å²) in [4.78, 5) is 26.3. The minimum Gasteiger partial charge on any atom is -0.340 e. The first-order valence-electron chi connectivity index (χ1n) is 9.95. The third-order valence-electron chi connectivity index (χ3n) is 4.79. The fourth-order valence-corrected chi connectivity index (χ4v) is 5.52. The summed E-state index contributed by atoms with van der Waals surface area (Å²) in [5, 5.41) is 12.3. The molecule has 12 heteroatoms. The molecule has 2 amide bonds. The second-order valence-electron chi connectivity index (χ2n) is 7.04. The minimum absolute atomic E-state index is 0.0326. The summed E-state index contributed by atoms with van der Waals surface area (Å²) in [6.45, 7) is 3.01. The van der Waals surface area contributed by atoms with Crippen LogP contribution in [0.4, 0.5) is 5.13 Å². The number of nitrogens with zero attached hydrogens (tertiary/aromatic N) is 4. The van der Waals surface area contributed by atoms with Crippen LogP contribution in [0.15, 0.2) is 29.2 Å². The van der Waals surface area contributed by atoms with Crippen LogP contribution in [0.25, 0.3) is 0 Å². The maximum absolute atomic E-state index is 12.7.